The van der Waals surface area contributed by atoms with E-state index in [2.05, 4.69) is 4.98 Å². The predicted octanol–water partition coefficient (Wildman–Crippen LogP) is 4.38. The van der Waals surface area contributed by atoms with E-state index in [4.69, 9.17) is 0 Å². The number of alkyl halides is 3. The number of H-pyrrole nitrogens is 1. The number of fused-ring (bicyclic) bond motifs is 1. The van der Waals surface area contributed by atoms with Crippen LogP contribution < -0.4 is 5.56 Å². The molecule has 0 spiro atoms. The number of carbonyl (C=O) groups excluding carboxylic acids is 1. The zero-order valence-electron chi connectivity index (χ0n) is 14.7. The first-order valence-electron chi connectivity index (χ1n) is 8.25. The van der Waals surface area contributed by atoms with Gasteiger partial charge in [-0.15, -0.1) is 0 Å². The SMILES string of the molecule is C[C@@H](c1c[nH]c(=O)c2ccccc12)N(C)C(=O)c1ccc(C(F)(F)F)cc1. The van der Waals surface area contributed by atoms with Gasteiger partial charge in [0, 0.05) is 24.2 Å². The lowest BCUT2D eigenvalue weighted by molar-refractivity contribution is -0.137. The van der Waals surface area contributed by atoms with Gasteiger partial charge in [0.25, 0.3) is 11.5 Å². The highest BCUT2D eigenvalue weighted by Crippen LogP contribution is 2.30. The smallest absolute Gasteiger partial charge is 0.335 e. The Bertz CT molecular complexity index is 1040. The van der Waals surface area contributed by atoms with Crippen LogP contribution in [0.4, 0.5) is 13.2 Å². The highest BCUT2D eigenvalue weighted by atomic mass is 19.4. The summed E-state index contributed by atoms with van der Waals surface area (Å²) in [6.07, 6.45) is -2.89. The maximum Gasteiger partial charge on any atom is 0.416 e. The molecule has 0 radical (unpaired) electrons. The summed E-state index contributed by atoms with van der Waals surface area (Å²) in [6, 6.07) is 10.8. The van der Waals surface area contributed by atoms with E-state index in [0.717, 1.165) is 23.1 Å². The Morgan fingerprint density at radius 2 is 1.63 bits per heavy atom. The molecule has 1 aromatic heterocycles. The zero-order chi connectivity index (χ0) is 19.8. The predicted molar refractivity (Wildman–Crippen MR) is 96.5 cm³/mol. The molecule has 140 valence electrons. The van der Waals surface area contributed by atoms with E-state index in [1.807, 2.05) is 0 Å². The Hall–Kier alpha value is -3.09. The number of rotatable bonds is 3. The first-order chi connectivity index (χ1) is 12.7. The topological polar surface area (TPSA) is 53.2 Å². The van der Waals surface area contributed by atoms with Gasteiger partial charge < -0.3 is 9.88 Å². The molecule has 0 bridgehead atoms. The number of carbonyl (C=O) groups is 1. The molecule has 0 saturated carbocycles. The van der Waals surface area contributed by atoms with E-state index in [9.17, 15) is 22.8 Å². The Morgan fingerprint density at radius 3 is 2.22 bits per heavy atom. The van der Waals surface area contributed by atoms with Gasteiger partial charge in [0.1, 0.15) is 0 Å². The van der Waals surface area contributed by atoms with Crippen molar-refractivity contribution in [3.8, 4) is 0 Å². The fourth-order valence-electron chi connectivity index (χ4n) is 2.97. The molecule has 0 unspecified atom stereocenters. The molecule has 2 aromatic carbocycles. The second kappa shape index (κ2) is 6.90. The summed E-state index contributed by atoms with van der Waals surface area (Å²) >= 11 is 0. The zero-order valence-corrected chi connectivity index (χ0v) is 14.7. The van der Waals surface area contributed by atoms with Crippen LogP contribution in [0.2, 0.25) is 0 Å². The third kappa shape index (κ3) is 3.58. The van der Waals surface area contributed by atoms with Gasteiger partial charge in [-0.2, -0.15) is 13.2 Å². The molecule has 1 atom stereocenters. The van der Waals surface area contributed by atoms with E-state index < -0.39 is 23.7 Å². The van der Waals surface area contributed by atoms with Crippen LogP contribution in [0.25, 0.3) is 10.8 Å². The number of aromatic amines is 1. The Kier molecular flexibility index (Phi) is 4.78. The molecular weight excluding hydrogens is 357 g/mol. The maximum atomic E-state index is 12.7. The standard InChI is InChI=1S/C20H17F3N2O2/c1-12(17-11-24-18(26)16-6-4-3-5-15(16)17)25(2)19(27)13-7-9-14(10-8-13)20(21,22)23/h3-12H,1-2H3,(H,24,26)/t12-/m0/s1. The number of amides is 1. The maximum absolute atomic E-state index is 12.7. The average molecular weight is 374 g/mol. The summed E-state index contributed by atoms with van der Waals surface area (Å²) in [5.41, 5.74) is -0.126. The summed E-state index contributed by atoms with van der Waals surface area (Å²) in [5.74, 6) is -0.411. The number of pyridine rings is 1. The molecule has 0 aliphatic rings. The van der Waals surface area contributed by atoms with Crippen molar-refractivity contribution in [3.63, 3.8) is 0 Å². The minimum atomic E-state index is -4.45. The lowest BCUT2D eigenvalue weighted by Gasteiger charge is -2.26. The number of halogens is 3. The molecule has 0 saturated heterocycles. The highest BCUT2D eigenvalue weighted by molar-refractivity contribution is 5.95. The molecule has 1 amide bonds. The Balaban J connectivity index is 1.92. The molecule has 1 N–H and O–H groups in total. The van der Waals surface area contributed by atoms with Crippen molar-refractivity contribution < 1.29 is 18.0 Å². The van der Waals surface area contributed by atoms with Crippen LogP contribution >= 0.6 is 0 Å². The minimum absolute atomic E-state index is 0.158. The monoisotopic (exact) mass is 374 g/mol. The van der Waals surface area contributed by atoms with Gasteiger partial charge >= 0.3 is 6.18 Å². The summed E-state index contributed by atoms with van der Waals surface area (Å²) in [5, 5.41) is 1.23. The second-order valence-corrected chi connectivity index (χ2v) is 6.29. The van der Waals surface area contributed by atoms with Gasteiger partial charge in [0.15, 0.2) is 0 Å². The lowest BCUT2D eigenvalue weighted by atomic mass is 10.0. The van der Waals surface area contributed by atoms with Crippen LogP contribution in [0.1, 0.15) is 34.5 Å². The van der Waals surface area contributed by atoms with Crippen LogP contribution in [0.3, 0.4) is 0 Å². The quantitative estimate of drug-likeness (QED) is 0.740. The number of nitrogens with one attached hydrogen (secondary N) is 1. The van der Waals surface area contributed by atoms with E-state index >= 15 is 0 Å². The molecule has 0 aliphatic heterocycles. The van der Waals surface area contributed by atoms with Crippen molar-refractivity contribution in [1.82, 2.24) is 9.88 Å². The van der Waals surface area contributed by atoms with E-state index in [1.165, 1.54) is 17.0 Å². The second-order valence-electron chi connectivity index (χ2n) is 6.29. The largest absolute Gasteiger partial charge is 0.416 e. The van der Waals surface area contributed by atoms with Crippen LogP contribution in [0.5, 0.6) is 0 Å². The number of aromatic nitrogens is 1. The molecule has 7 heteroatoms. The van der Waals surface area contributed by atoms with Gasteiger partial charge in [-0.05, 0) is 48.2 Å². The van der Waals surface area contributed by atoms with Crippen LogP contribution in [-0.2, 0) is 6.18 Å². The van der Waals surface area contributed by atoms with Crippen molar-refractivity contribution >= 4 is 16.7 Å². The normalized spacial score (nSPS) is 12.8. The molecular formula is C20H17F3N2O2. The van der Waals surface area contributed by atoms with Crippen molar-refractivity contribution in [2.75, 3.05) is 7.05 Å². The highest BCUT2D eigenvalue weighted by Gasteiger charge is 2.30. The molecule has 1 heterocycles. The van der Waals surface area contributed by atoms with Crippen molar-refractivity contribution in [3.05, 3.63) is 81.8 Å². The van der Waals surface area contributed by atoms with Crippen LogP contribution in [0, 0.1) is 0 Å². The number of hydrogen-bond acceptors (Lipinski definition) is 2. The van der Waals surface area contributed by atoms with E-state index in [0.29, 0.717) is 5.39 Å². The fourth-order valence-corrected chi connectivity index (χ4v) is 2.97. The fraction of sp³-hybridized carbons (Fsp3) is 0.200. The van der Waals surface area contributed by atoms with Gasteiger partial charge in [0.2, 0.25) is 0 Å². The molecule has 0 aliphatic carbocycles. The van der Waals surface area contributed by atoms with E-state index in [-0.39, 0.29) is 11.1 Å². The Labute approximate surface area is 153 Å². The van der Waals surface area contributed by atoms with Crippen LogP contribution in [0.15, 0.2) is 59.5 Å². The summed E-state index contributed by atoms with van der Waals surface area (Å²) in [6.45, 7) is 1.79. The lowest BCUT2D eigenvalue weighted by Crippen LogP contribution is -2.30. The molecule has 3 aromatic rings. The first kappa shape index (κ1) is 18.7. The van der Waals surface area contributed by atoms with Crippen LogP contribution in [-0.4, -0.2) is 22.8 Å². The summed E-state index contributed by atoms with van der Waals surface area (Å²) < 4.78 is 38.1. The molecule has 27 heavy (non-hydrogen) atoms. The summed E-state index contributed by atoms with van der Waals surface area (Å²) in [7, 11) is 1.57. The molecule has 3 rings (SSSR count). The molecule has 0 fully saturated rings. The number of nitrogens with zero attached hydrogens (tertiary/aromatic N) is 1. The van der Waals surface area contributed by atoms with Gasteiger partial charge in [-0.3, -0.25) is 9.59 Å². The van der Waals surface area contributed by atoms with Crippen molar-refractivity contribution in [2.24, 2.45) is 0 Å². The number of benzene rings is 2. The third-order valence-corrected chi connectivity index (χ3v) is 4.65. The minimum Gasteiger partial charge on any atom is -0.335 e. The van der Waals surface area contributed by atoms with Crippen molar-refractivity contribution in [2.45, 2.75) is 19.1 Å². The third-order valence-electron chi connectivity index (χ3n) is 4.65. The van der Waals surface area contributed by atoms with Crippen molar-refractivity contribution in [1.29, 1.82) is 0 Å². The van der Waals surface area contributed by atoms with Gasteiger partial charge in [0.05, 0.1) is 11.6 Å². The van der Waals surface area contributed by atoms with Gasteiger partial charge in [-0.1, -0.05) is 18.2 Å². The van der Waals surface area contributed by atoms with E-state index in [1.54, 1.807) is 44.4 Å². The summed E-state index contributed by atoms with van der Waals surface area (Å²) in [4.78, 5) is 28.8. The Morgan fingerprint density at radius 1 is 1.04 bits per heavy atom. The number of hydrogen-bond donors (Lipinski definition) is 1. The molecule has 4 nitrogen and oxygen atoms in total. The first-order valence-corrected chi connectivity index (χ1v) is 8.25. The van der Waals surface area contributed by atoms with Gasteiger partial charge in [-0.25, -0.2) is 0 Å². The average Bonchev–Trinajstić information content (AvgIpc) is 2.66.